The Kier molecular flexibility index (Phi) is 21.6. The molecule has 2 heteroatoms. The van der Waals surface area contributed by atoms with E-state index in [1.165, 1.54) is 0 Å². The first-order valence-corrected chi connectivity index (χ1v) is 0.908. The Bertz CT molecular complexity index is 6.00. The molecule has 0 aliphatic rings. The zero-order valence-corrected chi connectivity index (χ0v) is 3.37. The number of nitrogens with two attached hydrogens (primary N) is 1. The second-order valence-corrected chi connectivity index (χ2v) is 0.289. The van der Waals surface area contributed by atoms with Gasteiger partial charge in [0.1, 0.15) is 0 Å². The van der Waals surface area contributed by atoms with Gasteiger partial charge in [-0.15, -0.1) is 0 Å². The predicted molar refractivity (Wildman–Crippen MR) is 14.4 cm³/mol. The van der Waals surface area contributed by atoms with Gasteiger partial charge in [-0.2, -0.15) is 0 Å². The molecular weight excluding hydrogens is 97.0 g/mol. The minimum atomic E-state index is 0. The molecule has 0 aromatic carbocycles. The van der Waals surface area contributed by atoms with E-state index in [9.17, 15) is 0 Å². The van der Waals surface area contributed by atoms with Gasteiger partial charge in [0.25, 0.3) is 0 Å². The SMILES string of the molecule is [CH2]CN.[Co]. The van der Waals surface area contributed by atoms with Gasteiger partial charge in [0.15, 0.2) is 0 Å². The van der Waals surface area contributed by atoms with Crippen LogP contribution in [-0.4, -0.2) is 6.54 Å². The molecule has 1 nitrogen and oxygen atoms in total. The van der Waals surface area contributed by atoms with Gasteiger partial charge < -0.3 is 5.73 Å². The van der Waals surface area contributed by atoms with Gasteiger partial charge in [-0.25, -0.2) is 0 Å². The molecule has 0 saturated carbocycles. The molecule has 0 heterocycles. The summed E-state index contributed by atoms with van der Waals surface area (Å²) >= 11 is 0. The zero-order valence-electron chi connectivity index (χ0n) is 2.32. The Morgan fingerprint density at radius 1 is 1.75 bits per heavy atom. The fraction of sp³-hybridized carbons (Fsp3) is 0.500. The summed E-state index contributed by atoms with van der Waals surface area (Å²) in [6, 6.07) is 0. The quantitative estimate of drug-likeness (QED) is 0.450. The average Bonchev–Trinajstić information content (AvgIpc) is 0.918. The van der Waals surface area contributed by atoms with E-state index in [0.29, 0.717) is 6.54 Å². The van der Waals surface area contributed by atoms with Gasteiger partial charge in [0.05, 0.1) is 0 Å². The summed E-state index contributed by atoms with van der Waals surface area (Å²) in [5.41, 5.74) is 4.74. The van der Waals surface area contributed by atoms with Gasteiger partial charge >= 0.3 is 0 Å². The molecule has 0 aliphatic heterocycles. The van der Waals surface area contributed by atoms with Crippen LogP contribution in [0.1, 0.15) is 0 Å². The standard InChI is InChI=1S/C2H6N.Co/c1-2-3;/h1-3H2;. The van der Waals surface area contributed by atoms with Crippen molar-refractivity contribution >= 4 is 0 Å². The van der Waals surface area contributed by atoms with Crippen molar-refractivity contribution in [2.45, 2.75) is 0 Å². The maximum absolute atomic E-state index is 4.74. The molecule has 28 valence electrons. The van der Waals surface area contributed by atoms with Crippen molar-refractivity contribution in [2.24, 2.45) is 5.73 Å². The topological polar surface area (TPSA) is 26.0 Å². The van der Waals surface area contributed by atoms with Crippen LogP contribution in [0, 0.1) is 6.92 Å². The first kappa shape index (κ1) is 8.82. The van der Waals surface area contributed by atoms with Crippen LogP contribution in [0.5, 0.6) is 0 Å². The molecule has 4 heavy (non-hydrogen) atoms. The Morgan fingerprint density at radius 2 is 1.75 bits per heavy atom. The van der Waals surface area contributed by atoms with E-state index < -0.39 is 0 Å². The van der Waals surface area contributed by atoms with Crippen LogP contribution in [-0.2, 0) is 16.8 Å². The first-order chi connectivity index (χ1) is 1.41. The predicted octanol–water partition coefficient (Wildman–Crippen LogP) is -0.223. The van der Waals surface area contributed by atoms with Crippen molar-refractivity contribution in [3.63, 3.8) is 0 Å². The van der Waals surface area contributed by atoms with Crippen LogP contribution in [0.2, 0.25) is 0 Å². The molecule has 0 aliphatic carbocycles. The van der Waals surface area contributed by atoms with Crippen molar-refractivity contribution in [1.82, 2.24) is 0 Å². The fourth-order valence-electron chi connectivity index (χ4n) is 0. The van der Waals surface area contributed by atoms with Crippen LogP contribution in [0.25, 0.3) is 0 Å². The summed E-state index contributed by atoms with van der Waals surface area (Å²) < 4.78 is 0. The maximum Gasteiger partial charge on any atom is 0 e. The number of hydrogen-bond acceptors (Lipinski definition) is 1. The van der Waals surface area contributed by atoms with Crippen LogP contribution < -0.4 is 5.73 Å². The molecule has 0 unspecified atom stereocenters. The van der Waals surface area contributed by atoms with Gasteiger partial charge in [-0.1, -0.05) is 0 Å². The zero-order chi connectivity index (χ0) is 2.71. The van der Waals surface area contributed by atoms with Crippen molar-refractivity contribution in [3.05, 3.63) is 6.92 Å². The summed E-state index contributed by atoms with van der Waals surface area (Å²) in [6.07, 6.45) is 0. The summed E-state index contributed by atoms with van der Waals surface area (Å²) in [7, 11) is 0. The van der Waals surface area contributed by atoms with E-state index in [1.54, 1.807) is 0 Å². The van der Waals surface area contributed by atoms with Gasteiger partial charge in [0.2, 0.25) is 0 Å². The normalized spacial score (nSPS) is 4.50. The van der Waals surface area contributed by atoms with Crippen LogP contribution in [0.4, 0.5) is 0 Å². The summed E-state index contributed by atoms with van der Waals surface area (Å²) in [6.45, 7) is 3.76. The largest absolute Gasteiger partial charge is 0.330 e. The van der Waals surface area contributed by atoms with Gasteiger partial charge in [-0.05, 0) is 13.5 Å². The molecule has 0 fully saturated rings. The minimum Gasteiger partial charge on any atom is -0.330 e. The van der Waals surface area contributed by atoms with E-state index in [0.717, 1.165) is 0 Å². The fourth-order valence-corrected chi connectivity index (χ4v) is 0. The Balaban J connectivity index is 0. The first-order valence-electron chi connectivity index (χ1n) is 0.908. The number of rotatable bonds is 0. The molecule has 0 rings (SSSR count). The summed E-state index contributed by atoms with van der Waals surface area (Å²) in [5, 5.41) is 0. The van der Waals surface area contributed by atoms with Crippen LogP contribution in [0.3, 0.4) is 0 Å². The molecule has 2 radical (unpaired) electrons. The van der Waals surface area contributed by atoms with E-state index in [-0.39, 0.29) is 16.8 Å². The van der Waals surface area contributed by atoms with Crippen molar-refractivity contribution < 1.29 is 16.8 Å². The van der Waals surface area contributed by atoms with Gasteiger partial charge in [0, 0.05) is 16.8 Å². The molecule has 2 N–H and O–H groups in total. The maximum atomic E-state index is 4.74. The molecule has 0 spiro atoms. The smallest absolute Gasteiger partial charge is 0 e. The summed E-state index contributed by atoms with van der Waals surface area (Å²) in [4.78, 5) is 0. The molecule has 0 atom stereocenters. The summed E-state index contributed by atoms with van der Waals surface area (Å²) in [5.74, 6) is 0. The van der Waals surface area contributed by atoms with E-state index in [1.807, 2.05) is 0 Å². The molecular formula is C2H6CoN. The van der Waals surface area contributed by atoms with Crippen molar-refractivity contribution in [2.75, 3.05) is 6.54 Å². The second kappa shape index (κ2) is 9.81. The second-order valence-electron chi connectivity index (χ2n) is 0.289. The number of hydrogen-bond donors (Lipinski definition) is 1. The van der Waals surface area contributed by atoms with E-state index in [4.69, 9.17) is 5.73 Å². The molecule has 0 amide bonds. The van der Waals surface area contributed by atoms with Crippen LogP contribution >= 0.6 is 0 Å². The molecule has 0 saturated heterocycles. The molecule has 0 bridgehead atoms. The Hall–Kier alpha value is 0.466. The Labute approximate surface area is 36.8 Å². The molecule has 0 aromatic heterocycles. The van der Waals surface area contributed by atoms with Crippen LogP contribution in [0.15, 0.2) is 0 Å². The monoisotopic (exact) mass is 103 g/mol. The molecule has 0 aromatic rings. The van der Waals surface area contributed by atoms with E-state index in [2.05, 4.69) is 6.92 Å². The van der Waals surface area contributed by atoms with Crippen molar-refractivity contribution in [3.8, 4) is 0 Å². The average molecular weight is 103 g/mol. The van der Waals surface area contributed by atoms with E-state index >= 15 is 0 Å². The van der Waals surface area contributed by atoms with Gasteiger partial charge in [-0.3, -0.25) is 0 Å². The Morgan fingerprint density at radius 3 is 1.75 bits per heavy atom. The van der Waals surface area contributed by atoms with Crippen molar-refractivity contribution in [1.29, 1.82) is 0 Å². The third-order valence-electron chi connectivity index (χ3n) is 0. The third-order valence-corrected chi connectivity index (χ3v) is 0. The third kappa shape index (κ3) is 24.4. The minimum absolute atomic E-state index is 0.